The summed E-state index contributed by atoms with van der Waals surface area (Å²) in [4.78, 5) is 35.1. The lowest BCUT2D eigenvalue weighted by Gasteiger charge is -2.31. The molecule has 2 amide bonds. The molecule has 118 valence electrons. The molecule has 0 radical (unpaired) electrons. The standard InChI is InChI=1S/C15H24N2O4/c18-13(10-6-2-1-3-7-10)16-17-14(19)11-8-4-5-9-12(11)15(20)21/h10-12H,1-9H2,(H,16,18)(H,17,19)(H,20,21)/p-1/t11-,12+/m1/s1. The smallest absolute Gasteiger partial charge is 0.242 e. The Kier molecular flexibility index (Phi) is 5.59. The zero-order valence-corrected chi connectivity index (χ0v) is 12.2. The van der Waals surface area contributed by atoms with E-state index in [4.69, 9.17) is 0 Å². The maximum atomic E-state index is 12.1. The maximum Gasteiger partial charge on any atom is 0.242 e. The van der Waals surface area contributed by atoms with E-state index in [0.29, 0.717) is 12.8 Å². The van der Waals surface area contributed by atoms with Gasteiger partial charge in [-0.05, 0) is 25.7 Å². The fourth-order valence-electron chi connectivity index (χ4n) is 3.41. The third kappa shape index (κ3) is 4.19. The number of hydrazine groups is 1. The number of amides is 2. The summed E-state index contributed by atoms with van der Waals surface area (Å²) in [6.07, 6.45) is 7.59. The summed E-state index contributed by atoms with van der Waals surface area (Å²) in [6.45, 7) is 0. The van der Waals surface area contributed by atoms with Crippen LogP contribution in [0.15, 0.2) is 0 Å². The highest BCUT2D eigenvalue weighted by atomic mass is 16.4. The predicted molar refractivity (Wildman–Crippen MR) is 73.3 cm³/mol. The zero-order valence-electron chi connectivity index (χ0n) is 12.2. The van der Waals surface area contributed by atoms with Gasteiger partial charge in [-0.1, -0.05) is 32.1 Å². The third-order valence-electron chi connectivity index (χ3n) is 4.69. The molecule has 2 fully saturated rings. The van der Waals surface area contributed by atoms with Crippen molar-refractivity contribution in [1.82, 2.24) is 10.9 Å². The van der Waals surface area contributed by atoms with Crippen LogP contribution in [0, 0.1) is 17.8 Å². The molecule has 2 saturated carbocycles. The summed E-state index contributed by atoms with van der Waals surface area (Å²) in [5.74, 6) is -3.13. The lowest BCUT2D eigenvalue weighted by Crippen LogP contribution is -2.51. The van der Waals surface area contributed by atoms with Crippen LogP contribution in [0.1, 0.15) is 57.8 Å². The van der Waals surface area contributed by atoms with Crippen LogP contribution >= 0.6 is 0 Å². The van der Waals surface area contributed by atoms with Gasteiger partial charge in [0.25, 0.3) is 0 Å². The van der Waals surface area contributed by atoms with Crippen LogP contribution in [0.4, 0.5) is 0 Å². The van der Waals surface area contributed by atoms with E-state index in [-0.39, 0.29) is 11.8 Å². The molecule has 0 heterocycles. The molecular weight excluding hydrogens is 272 g/mol. The molecule has 6 heteroatoms. The van der Waals surface area contributed by atoms with Crippen LogP contribution in [0.3, 0.4) is 0 Å². The molecule has 21 heavy (non-hydrogen) atoms. The Morgan fingerprint density at radius 3 is 1.86 bits per heavy atom. The molecule has 2 aliphatic carbocycles. The number of nitrogens with one attached hydrogen (secondary N) is 2. The molecule has 6 nitrogen and oxygen atoms in total. The van der Waals surface area contributed by atoms with Crippen LogP contribution in [-0.2, 0) is 14.4 Å². The van der Waals surface area contributed by atoms with Gasteiger partial charge in [-0.3, -0.25) is 20.4 Å². The first-order chi connectivity index (χ1) is 10.1. The Balaban J connectivity index is 1.82. The second-order valence-electron chi connectivity index (χ2n) is 6.13. The van der Waals surface area contributed by atoms with Crippen molar-refractivity contribution in [3.8, 4) is 0 Å². The van der Waals surface area contributed by atoms with Crippen LogP contribution in [0.2, 0.25) is 0 Å². The van der Waals surface area contributed by atoms with Crippen LogP contribution in [0.25, 0.3) is 0 Å². The number of carbonyl (C=O) groups excluding carboxylic acids is 3. The molecule has 0 unspecified atom stereocenters. The number of carboxylic acids is 1. The van der Waals surface area contributed by atoms with E-state index in [9.17, 15) is 19.5 Å². The normalized spacial score (nSPS) is 26.9. The summed E-state index contributed by atoms with van der Waals surface area (Å²) in [5, 5.41) is 11.1. The van der Waals surface area contributed by atoms with E-state index in [2.05, 4.69) is 10.9 Å². The van der Waals surface area contributed by atoms with Gasteiger partial charge in [-0.2, -0.15) is 0 Å². The van der Waals surface area contributed by atoms with Crippen molar-refractivity contribution in [2.24, 2.45) is 17.8 Å². The summed E-state index contributed by atoms with van der Waals surface area (Å²) in [7, 11) is 0. The largest absolute Gasteiger partial charge is 0.550 e. The van der Waals surface area contributed by atoms with E-state index < -0.39 is 23.7 Å². The van der Waals surface area contributed by atoms with Gasteiger partial charge in [0.1, 0.15) is 0 Å². The predicted octanol–water partition coefficient (Wildman–Crippen LogP) is 0.270. The first-order valence-electron chi connectivity index (χ1n) is 7.90. The van der Waals surface area contributed by atoms with Crippen molar-refractivity contribution in [3.63, 3.8) is 0 Å². The third-order valence-corrected chi connectivity index (χ3v) is 4.69. The van der Waals surface area contributed by atoms with Gasteiger partial charge < -0.3 is 9.90 Å². The number of aliphatic carboxylic acids is 1. The molecule has 0 aliphatic heterocycles. The molecule has 2 atom stereocenters. The highest BCUT2D eigenvalue weighted by Gasteiger charge is 2.32. The van der Waals surface area contributed by atoms with Gasteiger partial charge in [0.2, 0.25) is 11.8 Å². The Bertz CT molecular complexity index is 404. The minimum atomic E-state index is -1.17. The number of carboxylic acid groups (broad SMARTS) is 1. The molecule has 2 aliphatic rings. The minimum Gasteiger partial charge on any atom is -0.550 e. The first-order valence-corrected chi connectivity index (χ1v) is 7.90. The Labute approximate surface area is 124 Å². The fourth-order valence-corrected chi connectivity index (χ4v) is 3.41. The minimum absolute atomic E-state index is 0.0395. The van der Waals surface area contributed by atoms with Crippen LogP contribution in [0.5, 0.6) is 0 Å². The van der Waals surface area contributed by atoms with E-state index in [1.807, 2.05) is 0 Å². The molecule has 0 aromatic heterocycles. The molecule has 2 rings (SSSR count). The lowest BCUT2D eigenvalue weighted by atomic mass is 9.79. The molecule has 0 spiro atoms. The first kappa shape index (κ1) is 15.8. The number of carbonyl (C=O) groups is 3. The molecule has 0 aromatic carbocycles. The number of rotatable bonds is 3. The topological polar surface area (TPSA) is 98.3 Å². The van der Waals surface area contributed by atoms with Crippen molar-refractivity contribution >= 4 is 17.8 Å². The van der Waals surface area contributed by atoms with Crippen molar-refractivity contribution in [1.29, 1.82) is 0 Å². The quantitative estimate of drug-likeness (QED) is 0.730. The highest BCUT2D eigenvalue weighted by molar-refractivity contribution is 5.87. The second-order valence-corrected chi connectivity index (χ2v) is 6.13. The summed E-state index contributed by atoms with van der Waals surface area (Å²) in [5.41, 5.74) is 4.86. The van der Waals surface area contributed by atoms with Gasteiger partial charge in [-0.25, -0.2) is 0 Å². The highest BCUT2D eigenvalue weighted by Crippen LogP contribution is 2.29. The summed E-state index contributed by atoms with van der Waals surface area (Å²) < 4.78 is 0. The molecule has 0 aromatic rings. The monoisotopic (exact) mass is 295 g/mol. The average molecular weight is 295 g/mol. The van der Waals surface area contributed by atoms with E-state index >= 15 is 0 Å². The Morgan fingerprint density at radius 2 is 1.24 bits per heavy atom. The van der Waals surface area contributed by atoms with E-state index in [1.54, 1.807) is 0 Å². The van der Waals surface area contributed by atoms with E-state index in [0.717, 1.165) is 44.9 Å². The lowest BCUT2D eigenvalue weighted by molar-refractivity contribution is -0.314. The van der Waals surface area contributed by atoms with Crippen LogP contribution in [-0.4, -0.2) is 17.8 Å². The van der Waals surface area contributed by atoms with Crippen LogP contribution < -0.4 is 16.0 Å². The van der Waals surface area contributed by atoms with Gasteiger partial charge in [-0.15, -0.1) is 0 Å². The number of hydrogen-bond donors (Lipinski definition) is 2. The van der Waals surface area contributed by atoms with Crippen molar-refractivity contribution in [2.45, 2.75) is 57.8 Å². The van der Waals surface area contributed by atoms with Crippen molar-refractivity contribution < 1.29 is 19.5 Å². The van der Waals surface area contributed by atoms with Gasteiger partial charge in [0, 0.05) is 23.7 Å². The molecule has 2 N–H and O–H groups in total. The van der Waals surface area contributed by atoms with Crippen molar-refractivity contribution in [2.75, 3.05) is 0 Å². The maximum absolute atomic E-state index is 12.1. The average Bonchev–Trinajstić information content (AvgIpc) is 2.53. The van der Waals surface area contributed by atoms with Gasteiger partial charge >= 0.3 is 0 Å². The summed E-state index contributed by atoms with van der Waals surface area (Å²) >= 11 is 0. The number of hydrogen-bond acceptors (Lipinski definition) is 4. The van der Waals surface area contributed by atoms with Gasteiger partial charge in [0.15, 0.2) is 0 Å². The van der Waals surface area contributed by atoms with Crippen molar-refractivity contribution in [3.05, 3.63) is 0 Å². The second kappa shape index (κ2) is 7.43. The Morgan fingerprint density at radius 1 is 0.714 bits per heavy atom. The summed E-state index contributed by atoms with van der Waals surface area (Å²) in [6, 6.07) is 0. The zero-order chi connectivity index (χ0) is 15.2. The molecule has 0 bridgehead atoms. The van der Waals surface area contributed by atoms with Gasteiger partial charge in [0.05, 0.1) is 0 Å². The van der Waals surface area contributed by atoms with E-state index in [1.165, 1.54) is 0 Å². The SMILES string of the molecule is O=C(NNC(=O)[C@@H]1CCCC[C@@H]1C(=O)[O-])C1CCCCC1. The molecule has 0 saturated heterocycles. The fraction of sp³-hybridized carbons (Fsp3) is 0.800. The Hall–Kier alpha value is -1.59. The molecular formula is C15H23N2O4-.